The molecule has 0 aliphatic carbocycles. The maximum absolute atomic E-state index is 13.9. The molecule has 0 saturated carbocycles. The van der Waals surface area contributed by atoms with E-state index in [1.54, 1.807) is 25.4 Å². The summed E-state index contributed by atoms with van der Waals surface area (Å²) in [5.41, 5.74) is -0.133. The number of ketones is 1. The SMILES string of the molecule is CNC(=O)C(CC(=O)C(CC(C)C)(C(=O)OCc1ccccc1)c1ccc[nH]1)CC(C)C. The highest BCUT2D eigenvalue weighted by Crippen LogP contribution is 2.36. The number of rotatable bonds is 12. The molecule has 0 aliphatic rings. The van der Waals surface area contributed by atoms with Gasteiger partial charge in [0, 0.05) is 31.3 Å². The lowest BCUT2D eigenvalue weighted by atomic mass is 9.71. The fourth-order valence-electron chi connectivity index (χ4n) is 4.19. The maximum atomic E-state index is 13.9. The molecule has 0 spiro atoms. The highest BCUT2D eigenvalue weighted by Gasteiger charge is 2.50. The number of benzene rings is 1. The van der Waals surface area contributed by atoms with E-state index in [4.69, 9.17) is 4.74 Å². The van der Waals surface area contributed by atoms with Gasteiger partial charge in [0.15, 0.2) is 11.2 Å². The van der Waals surface area contributed by atoms with Crippen LogP contribution in [-0.4, -0.2) is 29.7 Å². The number of esters is 1. The Morgan fingerprint density at radius 3 is 2.22 bits per heavy atom. The number of hydrogen-bond donors (Lipinski definition) is 2. The van der Waals surface area contributed by atoms with Crippen molar-refractivity contribution in [3.8, 4) is 0 Å². The minimum Gasteiger partial charge on any atom is -0.460 e. The van der Waals surface area contributed by atoms with E-state index in [0.29, 0.717) is 18.5 Å². The molecule has 0 radical (unpaired) electrons. The highest BCUT2D eigenvalue weighted by molar-refractivity contribution is 6.10. The summed E-state index contributed by atoms with van der Waals surface area (Å²) in [6, 6.07) is 12.9. The second-order valence-electron chi connectivity index (χ2n) is 9.22. The third-order valence-corrected chi connectivity index (χ3v) is 5.61. The summed E-state index contributed by atoms with van der Waals surface area (Å²) in [6.45, 7) is 8.06. The standard InChI is InChI=1S/C26H36N2O4/c1-18(2)14-21(24(30)27-5)15-23(29)26(16-19(3)4,22-12-9-13-28-22)25(31)32-17-20-10-7-6-8-11-20/h6-13,18-19,21,28H,14-17H2,1-5H3,(H,27,30). The van der Waals surface area contributed by atoms with E-state index in [-0.39, 0.29) is 36.6 Å². The van der Waals surface area contributed by atoms with E-state index in [2.05, 4.69) is 10.3 Å². The minimum absolute atomic E-state index is 0.0238. The lowest BCUT2D eigenvalue weighted by Gasteiger charge is -2.32. The molecule has 2 rings (SSSR count). The van der Waals surface area contributed by atoms with E-state index in [0.717, 1.165) is 5.56 Å². The second kappa shape index (κ2) is 11.7. The fraction of sp³-hybridized carbons (Fsp3) is 0.500. The highest BCUT2D eigenvalue weighted by atomic mass is 16.5. The molecule has 0 fully saturated rings. The summed E-state index contributed by atoms with van der Waals surface area (Å²) in [6.07, 6.45) is 2.53. The number of carbonyl (C=O) groups excluding carboxylic acids is 3. The van der Waals surface area contributed by atoms with E-state index < -0.39 is 17.3 Å². The molecule has 32 heavy (non-hydrogen) atoms. The van der Waals surface area contributed by atoms with Crippen molar-refractivity contribution in [3.63, 3.8) is 0 Å². The first-order chi connectivity index (χ1) is 15.2. The number of H-pyrrole nitrogens is 1. The summed E-state index contributed by atoms with van der Waals surface area (Å²) in [5, 5.41) is 2.66. The summed E-state index contributed by atoms with van der Waals surface area (Å²) in [7, 11) is 1.57. The lowest BCUT2D eigenvalue weighted by Crippen LogP contribution is -2.48. The fourth-order valence-corrected chi connectivity index (χ4v) is 4.19. The third-order valence-electron chi connectivity index (χ3n) is 5.61. The van der Waals surface area contributed by atoms with Gasteiger partial charge in [-0.1, -0.05) is 58.0 Å². The monoisotopic (exact) mass is 440 g/mol. The Kier molecular flexibility index (Phi) is 9.24. The molecule has 6 heteroatoms. The van der Waals surface area contributed by atoms with Crippen LogP contribution in [0.1, 0.15) is 58.2 Å². The van der Waals surface area contributed by atoms with E-state index >= 15 is 0 Å². The molecule has 2 aromatic rings. The second-order valence-corrected chi connectivity index (χ2v) is 9.22. The first-order valence-corrected chi connectivity index (χ1v) is 11.3. The van der Waals surface area contributed by atoms with Gasteiger partial charge in [0.2, 0.25) is 5.91 Å². The van der Waals surface area contributed by atoms with Crippen molar-refractivity contribution in [2.45, 2.75) is 59.0 Å². The van der Waals surface area contributed by atoms with Gasteiger partial charge < -0.3 is 15.0 Å². The average molecular weight is 441 g/mol. The Hall–Kier alpha value is -2.89. The molecular weight excluding hydrogens is 404 g/mol. The van der Waals surface area contributed by atoms with Crippen LogP contribution in [0.3, 0.4) is 0 Å². The Bertz CT molecular complexity index is 874. The lowest BCUT2D eigenvalue weighted by molar-refractivity contribution is -0.157. The molecule has 1 amide bonds. The van der Waals surface area contributed by atoms with Crippen LogP contribution in [0.4, 0.5) is 0 Å². The van der Waals surface area contributed by atoms with Crippen molar-refractivity contribution >= 4 is 17.7 Å². The first-order valence-electron chi connectivity index (χ1n) is 11.3. The van der Waals surface area contributed by atoms with E-state index in [1.807, 2.05) is 58.0 Å². The van der Waals surface area contributed by atoms with Crippen LogP contribution in [0, 0.1) is 17.8 Å². The van der Waals surface area contributed by atoms with Crippen LogP contribution in [0.15, 0.2) is 48.7 Å². The molecular formula is C26H36N2O4. The minimum atomic E-state index is -1.49. The molecule has 1 aromatic heterocycles. The predicted octanol–water partition coefficient (Wildman–Crippen LogP) is 4.41. The molecule has 2 atom stereocenters. The quantitative estimate of drug-likeness (QED) is 0.378. The number of aromatic amines is 1. The van der Waals surface area contributed by atoms with Gasteiger partial charge in [-0.05, 0) is 42.4 Å². The zero-order chi connectivity index (χ0) is 23.7. The van der Waals surface area contributed by atoms with Gasteiger partial charge in [-0.15, -0.1) is 0 Å². The molecule has 2 unspecified atom stereocenters. The van der Waals surface area contributed by atoms with Crippen LogP contribution < -0.4 is 5.32 Å². The van der Waals surface area contributed by atoms with Crippen molar-refractivity contribution < 1.29 is 19.1 Å². The maximum Gasteiger partial charge on any atom is 0.326 e. The Labute approximate surface area is 191 Å². The Morgan fingerprint density at radius 1 is 1.00 bits per heavy atom. The zero-order valence-electron chi connectivity index (χ0n) is 19.8. The van der Waals surface area contributed by atoms with Gasteiger partial charge in [0.1, 0.15) is 6.61 Å². The number of carbonyl (C=O) groups is 3. The molecule has 2 N–H and O–H groups in total. The first kappa shape index (κ1) is 25.4. The van der Waals surface area contributed by atoms with Gasteiger partial charge in [0.25, 0.3) is 0 Å². The number of aromatic nitrogens is 1. The molecule has 0 saturated heterocycles. The van der Waals surface area contributed by atoms with Crippen LogP contribution in [0.25, 0.3) is 0 Å². The van der Waals surface area contributed by atoms with Crippen LogP contribution in [0.2, 0.25) is 0 Å². The summed E-state index contributed by atoms with van der Waals surface area (Å²) in [5.74, 6) is -1.27. The molecule has 174 valence electrons. The predicted molar refractivity (Wildman–Crippen MR) is 125 cm³/mol. The number of hydrogen-bond acceptors (Lipinski definition) is 4. The summed E-state index contributed by atoms with van der Waals surface area (Å²) >= 11 is 0. The number of Topliss-reactive ketones (excluding diaryl/α,β-unsaturated/α-hetero) is 1. The van der Waals surface area contributed by atoms with Crippen LogP contribution in [0.5, 0.6) is 0 Å². The Morgan fingerprint density at radius 2 is 1.69 bits per heavy atom. The van der Waals surface area contributed by atoms with E-state index in [9.17, 15) is 14.4 Å². The van der Waals surface area contributed by atoms with Gasteiger partial charge >= 0.3 is 5.97 Å². The number of ether oxygens (including phenoxy) is 1. The molecule has 1 heterocycles. The molecule has 1 aromatic carbocycles. The van der Waals surface area contributed by atoms with Gasteiger partial charge in [-0.25, -0.2) is 0 Å². The van der Waals surface area contributed by atoms with Crippen molar-refractivity contribution in [2.75, 3.05) is 7.05 Å². The smallest absolute Gasteiger partial charge is 0.326 e. The largest absolute Gasteiger partial charge is 0.460 e. The normalized spacial score (nSPS) is 14.1. The average Bonchev–Trinajstić information content (AvgIpc) is 3.30. The summed E-state index contributed by atoms with van der Waals surface area (Å²) < 4.78 is 5.71. The van der Waals surface area contributed by atoms with E-state index in [1.165, 1.54) is 0 Å². The summed E-state index contributed by atoms with van der Waals surface area (Å²) in [4.78, 5) is 43.0. The van der Waals surface area contributed by atoms with Crippen LogP contribution in [-0.2, 0) is 31.1 Å². The van der Waals surface area contributed by atoms with Crippen molar-refractivity contribution in [1.82, 2.24) is 10.3 Å². The third kappa shape index (κ3) is 6.31. The van der Waals surface area contributed by atoms with Crippen LogP contribution >= 0.6 is 0 Å². The molecule has 0 aliphatic heterocycles. The molecule has 6 nitrogen and oxygen atoms in total. The van der Waals surface area contributed by atoms with Crippen molar-refractivity contribution in [3.05, 3.63) is 59.9 Å². The zero-order valence-corrected chi connectivity index (χ0v) is 19.8. The van der Waals surface area contributed by atoms with Gasteiger partial charge in [-0.3, -0.25) is 14.4 Å². The Balaban J connectivity index is 2.42. The topological polar surface area (TPSA) is 88.3 Å². The molecule has 0 bridgehead atoms. The van der Waals surface area contributed by atoms with Gasteiger partial charge in [0.05, 0.1) is 0 Å². The van der Waals surface area contributed by atoms with Crippen molar-refractivity contribution in [2.24, 2.45) is 17.8 Å². The van der Waals surface area contributed by atoms with Crippen molar-refractivity contribution in [1.29, 1.82) is 0 Å². The number of amides is 1. The number of nitrogens with one attached hydrogen (secondary N) is 2. The van der Waals surface area contributed by atoms with Gasteiger partial charge in [-0.2, -0.15) is 0 Å².